The van der Waals surface area contributed by atoms with Crippen LogP contribution in [0.4, 0.5) is 0 Å². The molecule has 148 valence electrons. The first-order valence-corrected chi connectivity index (χ1v) is 10.7. The molecule has 28 heavy (non-hydrogen) atoms. The van der Waals surface area contributed by atoms with Gasteiger partial charge in [-0.3, -0.25) is 9.59 Å². The molecule has 3 rings (SSSR count). The van der Waals surface area contributed by atoms with Crippen molar-refractivity contribution in [2.75, 3.05) is 6.54 Å². The predicted molar refractivity (Wildman–Crippen MR) is 114 cm³/mol. The average molecular weight is 378 g/mol. The number of Topliss-reactive ketones (excluding diaryl/α,β-unsaturated/α-hetero) is 1. The average Bonchev–Trinajstić information content (AvgIpc) is 2.73. The van der Waals surface area contributed by atoms with Crippen LogP contribution in [0.1, 0.15) is 77.3 Å². The topological polar surface area (TPSA) is 46.2 Å². The van der Waals surface area contributed by atoms with E-state index in [1.165, 1.54) is 24.8 Å². The summed E-state index contributed by atoms with van der Waals surface area (Å²) in [5, 5.41) is 2.99. The van der Waals surface area contributed by atoms with Gasteiger partial charge in [0.1, 0.15) is 0 Å². The number of rotatable bonds is 9. The summed E-state index contributed by atoms with van der Waals surface area (Å²) in [5.41, 5.74) is 3.72. The third-order valence-corrected chi connectivity index (χ3v) is 5.71. The zero-order chi connectivity index (χ0) is 19.8. The highest BCUT2D eigenvalue weighted by Gasteiger charge is 2.27. The summed E-state index contributed by atoms with van der Waals surface area (Å²) >= 11 is 0. The number of fused-ring (bicyclic) bond motifs is 1. The Labute approximate surface area is 168 Å². The van der Waals surface area contributed by atoms with Crippen molar-refractivity contribution in [3.8, 4) is 0 Å². The van der Waals surface area contributed by atoms with E-state index < -0.39 is 0 Å². The van der Waals surface area contributed by atoms with Crippen LogP contribution in [0, 0.1) is 5.92 Å². The summed E-state index contributed by atoms with van der Waals surface area (Å²) in [6, 6.07) is 15.7. The molecule has 0 bridgehead atoms. The molecule has 1 N–H and O–H groups in total. The van der Waals surface area contributed by atoms with Gasteiger partial charge >= 0.3 is 0 Å². The van der Waals surface area contributed by atoms with Gasteiger partial charge in [-0.2, -0.15) is 0 Å². The molecule has 0 spiro atoms. The van der Waals surface area contributed by atoms with E-state index >= 15 is 0 Å². The van der Waals surface area contributed by atoms with E-state index in [0.717, 1.165) is 43.2 Å². The third-order valence-electron chi connectivity index (χ3n) is 5.71. The lowest BCUT2D eigenvalue weighted by atomic mass is 9.79. The monoisotopic (exact) mass is 377 g/mol. The number of hydrogen-bond donors (Lipinski definition) is 1. The van der Waals surface area contributed by atoms with Crippen molar-refractivity contribution in [1.82, 2.24) is 5.32 Å². The van der Waals surface area contributed by atoms with Crippen LogP contribution >= 0.6 is 0 Å². The molecule has 2 aromatic carbocycles. The van der Waals surface area contributed by atoms with Gasteiger partial charge in [-0.1, -0.05) is 69.0 Å². The number of aryl methyl sites for hydroxylation is 1. The normalized spacial score (nSPS) is 15.9. The Morgan fingerprint density at radius 1 is 1.07 bits per heavy atom. The summed E-state index contributed by atoms with van der Waals surface area (Å²) in [6.07, 6.45) is 8.45. The van der Waals surface area contributed by atoms with Crippen molar-refractivity contribution in [2.45, 2.75) is 58.3 Å². The van der Waals surface area contributed by atoms with Gasteiger partial charge in [-0.15, -0.1) is 0 Å². The Kier molecular flexibility index (Phi) is 7.41. The molecule has 0 fully saturated rings. The SMILES string of the molecule is CCCCCCC1CCc2cc(C(=O)NCCc3ccccc3)ccc2C1=O. The molecule has 1 aliphatic carbocycles. The maximum Gasteiger partial charge on any atom is 0.251 e. The van der Waals surface area contributed by atoms with Gasteiger partial charge in [-0.05, 0) is 48.9 Å². The van der Waals surface area contributed by atoms with Gasteiger partial charge in [0.15, 0.2) is 5.78 Å². The van der Waals surface area contributed by atoms with Crippen LogP contribution in [0.2, 0.25) is 0 Å². The van der Waals surface area contributed by atoms with Crippen LogP contribution in [-0.4, -0.2) is 18.2 Å². The summed E-state index contributed by atoms with van der Waals surface area (Å²) in [5.74, 6) is 0.372. The first kappa shape index (κ1) is 20.3. The Bertz CT molecular complexity index is 797. The number of unbranched alkanes of at least 4 members (excludes halogenated alkanes) is 3. The van der Waals surface area contributed by atoms with Crippen LogP contribution < -0.4 is 5.32 Å². The largest absolute Gasteiger partial charge is 0.352 e. The second-order valence-electron chi connectivity index (χ2n) is 7.81. The van der Waals surface area contributed by atoms with E-state index in [0.29, 0.717) is 12.1 Å². The van der Waals surface area contributed by atoms with E-state index in [2.05, 4.69) is 24.4 Å². The van der Waals surface area contributed by atoms with Crippen LogP contribution in [-0.2, 0) is 12.8 Å². The van der Waals surface area contributed by atoms with Crippen molar-refractivity contribution in [2.24, 2.45) is 5.92 Å². The molecular formula is C25H31NO2. The van der Waals surface area contributed by atoms with Crippen LogP contribution in [0.15, 0.2) is 48.5 Å². The summed E-state index contributed by atoms with van der Waals surface area (Å²) in [7, 11) is 0. The number of ketones is 1. The van der Waals surface area contributed by atoms with Crippen LogP contribution in [0.3, 0.4) is 0 Å². The Hall–Kier alpha value is -2.42. The molecule has 0 aliphatic heterocycles. The van der Waals surface area contributed by atoms with E-state index in [1.54, 1.807) is 6.07 Å². The third kappa shape index (κ3) is 5.31. The van der Waals surface area contributed by atoms with Crippen molar-refractivity contribution in [3.63, 3.8) is 0 Å². The minimum atomic E-state index is -0.0622. The molecule has 1 unspecified atom stereocenters. The number of amides is 1. The first-order chi connectivity index (χ1) is 13.7. The lowest BCUT2D eigenvalue weighted by Gasteiger charge is -2.23. The van der Waals surface area contributed by atoms with Gasteiger partial charge in [0, 0.05) is 23.6 Å². The molecule has 0 saturated carbocycles. The molecule has 0 aromatic heterocycles. The zero-order valence-corrected chi connectivity index (χ0v) is 16.9. The first-order valence-electron chi connectivity index (χ1n) is 10.7. The summed E-state index contributed by atoms with van der Waals surface area (Å²) in [6.45, 7) is 2.82. The molecule has 1 amide bonds. The highest BCUT2D eigenvalue weighted by Crippen LogP contribution is 2.29. The molecule has 3 nitrogen and oxygen atoms in total. The second kappa shape index (κ2) is 10.2. The minimum Gasteiger partial charge on any atom is -0.352 e. The highest BCUT2D eigenvalue weighted by atomic mass is 16.1. The number of carbonyl (C=O) groups is 2. The Morgan fingerprint density at radius 3 is 2.68 bits per heavy atom. The molecule has 0 radical (unpaired) electrons. The van der Waals surface area contributed by atoms with Crippen molar-refractivity contribution < 1.29 is 9.59 Å². The predicted octanol–water partition coefficient (Wildman–Crippen LogP) is 5.37. The van der Waals surface area contributed by atoms with E-state index in [1.807, 2.05) is 30.3 Å². The van der Waals surface area contributed by atoms with E-state index in [4.69, 9.17) is 0 Å². The van der Waals surface area contributed by atoms with Gasteiger partial charge in [0.05, 0.1) is 0 Å². The Morgan fingerprint density at radius 2 is 1.89 bits per heavy atom. The standard InChI is InChI=1S/C25H31NO2/c1-2-3-4-8-11-20-12-13-21-18-22(14-15-23(21)24(20)27)25(28)26-17-16-19-9-6-5-7-10-19/h5-7,9-10,14-15,18,20H,2-4,8,11-13,16-17H2,1H3,(H,26,28). The maximum absolute atomic E-state index is 12.8. The zero-order valence-electron chi connectivity index (χ0n) is 16.9. The highest BCUT2D eigenvalue weighted by molar-refractivity contribution is 6.02. The molecule has 1 aliphatic rings. The van der Waals surface area contributed by atoms with E-state index in [-0.39, 0.29) is 17.6 Å². The fourth-order valence-corrected chi connectivity index (χ4v) is 4.02. The van der Waals surface area contributed by atoms with E-state index in [9.17, 15) is 9.59 Å². The Balaban J connectivity index is 1.55. The quantitative estimate of drug-likeness (QED) is 0.597. The minimum absolute atomic E-state index is 0.0622. The van der Waals surface area contributed by atoms with Gasteiger partial charge < -0.3 is 5.32 Å². The second-order valence-corrected chi connectivity index (χ2v) is 7.81. The molecule has 0 heterocycles. The van der Waals surface area contributed by atoms with Crippen molar-refractivity contribution in [3.05, 3.63) is 70.8 Å². The molecule has 2 aromatic rings. The molecule has 0 saturated heterocycles. The van der Waals surface area contributed by atoms with Crippen molar-refractivity contribution >= 4 is 11.7 Å². The number of nitrogens with one attached hydrogen (secondary N) is 1. The van der Waals surface area contributed by atoms with Gasteiger partial charge in [0.25, 0.3) is 5.91 Å². The van der Waals surface area contributed by atoms with Crippen LogP contribution in [0.25, 0.3) is 0 Å². The van der Waals surface area contributed by atoms with Gasteiger partial charge in [-0.25, -0.2) is 0 Å². The lowest BCUT2D eigenvalue weighted by Crippen LogP contribution is -2.27. The van der Waals surface area contributed by atoms with Crippen LogP contribution in [0.5, 0.6) is 0 Å². The number of benzene rings is 2. The molecular weight excluding hydrogens is 346 g/mol. The molecule has 3 heteroatoms. The fraction of sp³-hybridized carbons (Fsp3) is 0.440. The fourth-order valence-electron chi connectivity index (χ4n) is 4.02. The summed E-state index contributed by atoms with van der Waals surface area (Å²) in [4.78, 5) is 25.3. The number of carbonyl (C=O) groups excluding carboxylic acids is 2. The summed E-state index contributed by atoms with van der Waals surface area (Å²) < 4.78 is 0. The van der Waals surface area contributed by atoms with Crippen molar-refractivity contribution in [1.29, 1.82) is 0 Å². The smallest absolute Gasteiger partial charge is 0.251 e. The number of hydrogen-bond acceptors (Lipinski definition) is 2. The van der Waals surface area contributed by atoms with Gasteiger partial charge in [0.2, 0.25) is 0 Å². The lowest BCUT2D eigenvalue weighted by molar-refractivity contribution is 0.0889. The molecule has 1 atom stereocenters. The maximum atomic E-state index is 12.8.